The van der Waals surface area contributed by atoms with Crippen LogP contribution in [0.15, 0.2) is 34.5 Å². The fraction of sp³-hybridized carbons (Fsp3) is 0.200. The van der Waals surface area contributed by atoms with Gasteiger partial charge in [0.2, 0.25) is 5.96 Å². The molecule has 8 nitrogen and oxygen atoms in total. The minimum Gasteiger partial charge on any atom is -0.380 e. The summed E-state index contributed by atoms with van der Waals surface area (Å²) in [5.41, 5.74) is 8.25. The van der Waals surface area contributed by atoms with Gasteiger partial charge in [-0.15, -0.1) is 5.10 Å². The van der Waals surface area contributed by atoms with E-state index >= 15 is 0 Å². The van der Waals surface area contributed by atoms with Crippen molar-refractivity contribution in [1.29, 1.82) is 0 Å². The van der Waals surface area contributed by atoms with Gasteiger partial charge in [0, 0.05) is 5.69 Å². The fourth-order valence-electron chi connectivity index (χ4n) is 1.12. The highest BCUT2D eigenvalue weighted by molar-refractivity contribution is 5.82. The molecule has 0 radical (unpaired) electrons. The normalized spacial score (nSPS) is 12.1. The highest BCUT2D eigenvalue weighted by Crippen LogP contribution is 2.08. The molecular weight excluding hydrogens is 238 g/mol. The van der Waals surface area contributed by atoms with Gasteiger partial charge in [-0.05, 0) is 17.7 Å². The molecule has 98 valence electrons. The Kier molecular flexibility index (Phi) is 5.58. The maximum absolute atomic E-state index is 8.72. The number of hydrogen-bond donors (Lipinski definition) is 6. The Morgan fingerprint density at radius 2 is 2.22 bits per heavy atom. The molecule has 0 heterocycles. The van der Waals surface area contributed by atoms with E-state index in [1.165, 1.54) is 6.21 Å². The maximum Gasteiger partial charge on any atom is 0.237 e. The van der Waals surface area contributed by atoms with Crippen LogP contribution in [0.25, 0.3) is 0 Å². The first kappa shape index (κ1) is 13.9. The molecule has 0 saturated heterocycles. The van der Waals surface area contributed by atoms with Gasteiger partial charge in [0.25, 0.3) is 0 Å². The number of hydrogen-bond acceptors (Lipinski definition) is 6. The summed E-state index contributed by atoms with van der Waals surface area (Å²) in [4.78, 5) is 0. The van der Waals surface area contributed by atoms with Crippen LogP contribution in [0.3, 0.4) is 0 Å². The molecule has 1 rings (SSSR count). The topological polar surface area (TPSA) is 135 Å². The van der Waals surface area contributed by atoms with Crippen LogP contribution in [0.2, 0.25) is 0 Å². The van der Waals surface area contributed by atoms with Crippen molar-refractivity contribution in [3.8, 4) is 0 Å². The van der Waals surface area contributed by atoms with Crippen molar-refractivity contribution in [2.24, 2.45) is 15.9 Å². The Morgan fingerprint density at radius 1 is 1.44 bits per heavy atom. The average Bonchev–Trinajstić information content (AvgIpc) is 2.36. The average molecular weight is 253 g/mol. The predicted octanol–water partition coefficient (Wildman–Crippen LogP) is -0.963. The van der Waals surface area contributed by atoms with Crippen LogP contribution in [0.5, 0.6) is 0 Å². The summed E-state index contributed by atoms with van der Waals surface area (Å²) >= 11 is 0. The molecule has 0 spiro atoms. The Bertz CT molecular complexity index is 433. The van der Waals surface area contributed by atoms with E-state index in [0.29, 0.717) is 5.69 Å². The lowest BCUT2D eigenvalue weighted by Crippen LogP contribution is -2.27. The van der Waals surface area contributed by atoms with Gasteiger partial charge in [0.05, 0.1) is 12.8 Å². The molecule has 0 bridgehead atoms. The third-order valence-corrected chi connectivity index (χ3v) is 1.86. The van der Waals surface area contributed by atoms with Gasteiger partial charge >= 0.3 is 0 Å². The second-order valence-electron chi connectivity index (χ2n) is 3.33. The van der Waals surface area contributed by atoms with E-state index in [2.05, 4.69) is 15.5 Å². The molecule has 0 fully saturated rings. The summed E-state index contributed by atoms with van der Waals surface area (Å²) in [6.45, 7) is 0.0279. The number of nitrogens with one attached hydrogen (secondary N) is 2. The molecular formula is C10H15N5O3. The van der Waals surface area contributed by atoms with E-state index in [1.54, 1.807) is 29.7 Å². The number of benzene rings is 1. The molecule has 8 heteroatoms. The Hall–Kier alpha value is -2.16. The van der Waals surface area contributed by atoms with E-state index in [4.69, 9.17) is 21.2 Å². The zero-order chi connectivity index (χ0) is 13.4. The Morgan fingerprint density at radius 3 is 2.89 bits per heavy atom. The smallest absolute Gasteiger partial charge is 0.237 e. The van der Waals surface area contributed by atoms with Gasteiger partial charge in [-0.3, -0.25) is 5.21 Å². The third kappa shape index (κ3) is 5.25. The summed E-state index contributed by atoms with van der Waals surface area (Å²) in [7, 11) is 0. The van der Waals surface area contributed by atoms with Gasteiger partial charge in [0.15, 0.2) is 6.29 Å². The molecule has 1 aromatic rings. The van der Waals surface area contributed by atoms with Gasteiger partial charge in [0.1, 0.15) is 0 Å². The van der Waals surface area contributed by atoms with Crippen molar-refractivity contribution in [3.63, 3.8) is 0 Å². The lowest BCUT2D eigenvalue weighted by atomic mass is 10.2. The number of rotatable bonds is 5. The van der Waals surface area contributed by atoms with E-state index < -0.39 is 6.29 Å². The first-order valence-electron chi connectivity index (χ1n) is 5.08. The molecule has 0 atom stereocenters. The van der Waals surface area contributed by atoms with Crippen molar-refractivity contribution >= 4 is 17.9 Å². The van der Waals surface area contributed by atoms with Crippen molar-refractivity contribution in [2.45, 2.75) is 6.29 Å². The van der Waals surface area contributed by atoms with Crippen molar-refractivity contribution in [3.05, 3.63) is 29.8 Å². The van der Waals surface area contributed by atoms with Crippen LogP contribution in [0, 0.1) is 0 Å². The largest absolute Gasteiger partial charge is 0.380 e. The molecule has 0 aromatic heterocycles. The number of aliphatic hydroxyl groups excluding tert-OH is 1. The van der Waals surface area contributed by atoms with Crippen LogP contribution < -0.4 is 16.5 Å². The van der Waals surface area contributed by atoms with Crippen LogP contribution in [0.4, 0.5) is 5.69 Å². The van der Waals surface area contributed by atoms with E-state index in [0.717, 1.165) is 5.56 Å². The molecule has 7 N–H and O–H groups in total. The summed E-state index contributed by atoms with van der Waals surface area (Å²) in [5, 5.41) is 35.7. The van der Waals surface area contributed by atoms with Crippen LogP contribution in [0.1, 0.15) is 5.56 Å². The third-order valence-electron chi connectivity index (χ3n) is 1.86. The highest BCUT2D eigenvalue weighted by Gasteiger charge is 1.97. The van der Waals surface area contributed by atoms with E-state index in [9.17, 15) is 0 Å². The van der Waals surface area contributed by atoms with Crippen molar-refractivity contribution in [1.82, 2.24) is 5.48 Å². The first-order chi connectivity index (χ1) is 8.61. The van der Waals surface area contributed by atoms with Gasteiger partial charge in [-0.25, -0.2) is 5.48 Å². The summed E-state index contributed by atoms with van der Waals surface area (Å²) < 4.78 is 0. The molecule has 1 aromatic carbocycles. The lowest BCUT2D eigenvalue weighted by Gasteiger charge is -2.07. The Balaban J connectivity index is 2.64. The predicted molar refractivity (Wildman–Crippen MR) is 67.3 cm³/mol. The highest BCUT2D eigenvalue weighted by atomic mass is 16.5. The number of anilines is 1. The number of nitrogens with two attached hydrogens (primary N) is 1. The van der Waals surface area contributed by atoms with E-state index in [-0.39, 0.29) is 12.5 Å². The zero-order valence-corrected chi connectivity index (χ0v) is 9.48. The number of hydroxylamine groups is 1. The SMILES string of the molecule is NC(=NN=Cc1cccc(NCC(O)O)c1)NO. The quantitative estimate of drug-likeness (QED) is 0.173. The summed E-state index contributed by atoms with van der Waals surface area (Å²) in [5.74, 6) is -0.219. The number of guanidine groups is 1. The summed E-state index contributed by atoms with van der Waals surface area (Å²) in [6, 6.07) is 7.06. The molecule has 0 aliphatic heterocycles. The standard InChI is InChI=1S/C10H15N5O3/c11-10(15-18)14-13-5-7-2-1-3-8(4-7)12-6-9(16)17/h1-5,9,12,16-18H,6H2,(H3,11,14,15). The fourth-order valence-corrected chi connectivity index (χ4v) is 1.12. The molecule has 18 heavy (non-hydrogen) atoms. The van der Waals surface area contributed by atoms with Gasteiger partial charge < -0.3 is 21.3 Å². The first-order valence-corrected chi connectivity index (χ1v) is 5.08. The van der Waals surface area contributed by atoms with Crippen molar-refractivity contribution < 1.29 is 15.4 Å². The Labute approximate surface area is 103 Å². The maximum atomic E-state index is 8.72. The van der Waals surface area contributed by atoms with Crippen LogP contribution >= 0.6 is 0 Å². The molecule has 0 amide bonds. The molecule has 0 aliphatic rings. The van der Waals surface area contributed by atoms with Crippen molar-refractivity contribution in [2.75, 3.05) is 11.9 Å². The van der Waals surface area contributed by atoms with Crippen LogP contribution in [-0.4, -0.2) is 40.4 Å². The minimum absolute atomic E-state index is 0.0279. The lowest BCUT2D eigenvalue weighted by molar-refractivity contribution is -0.0275. The molecule has 0 saturated carbocycles. The second kappa shape index (κ2) is 7.22. The van der Waals surface area contributed by atoms with Gasteiger partial charge in [-0.1, -0.05) is 12.1 Å². The molecule has 0 unspecified atom stereocenters. The second-order valence-corrected chi connectivity index (χ2v) is 3.33. The monoisotopic (exact) mass is 253 g/mol. The number of aliphatic hydroxyl groups is 2. The van der Waals surface area contributed by atoms with Gasteiger partial charge in [-0.2, -0.15) is 5.10 Å². The van der Waals surface area contributed by atoms with Crippen LogP contribution in [-0.2, 0) is 0 Å². The zero-order valence-electron chi connectivity index (χ0n) is 9.48. The molecule has 0 aliphatic carbocycles. The summed E-state index contributed by atoms with van der Waals surface area (Å²) in [6.07, 6.45) is 0.0208. The minimum atomic E-state index is -1.41. The number of nitrogens with zero attached hydrogens (tertiary/aromatic N) is 2. The van der Waals surface area contributed by atoms with E-state index in [1.807, 2.05) is 0 Å².